The minimum absolute atomic E-state index is 0.142. The fourth-order valence-corrected chi connectivity index (χ4v) is 4.92. The first kappa shape index (κ1) is 15.2. The molecule has 22 heavy (non-hydrogen) atoms. The van der Waals surface area contributed by atoms with Crippen molar-refractivity contribution in [2.45, 2.75) is 6.04 Å². The smallest absolute Gasteiger partial charge is 0.239 e. The maximum Gasteiger partial charge on any atom is 0.239 e. The van der Waals surface area contributed by atoms with Crippen LogP contribution in [0.5, 0.6) is 0 Å². The number of hydrogen-bond acceptors (Lipinski definition) is 6. The lowest BCUT2D eigenvalue weighted by atomic mass is 10.2. The van der Waals surface area contributed by atoms with Crippen molar-refractivity contribution < 1.29 is 8.42 Å². The van der Waals surface area contributed by atoms with Crippen LogP contribution in [0.3, 0.4) is 0 Å². The second-order valence-electron chi connectivity index (χ2n) is 4.74. The molecule has 1 saturated heterocycles. The van der Waals surface area contributed by atoms with Crippen LogP contribution in [0.4, 0.5) is 0 Å². The summed E-state index contributed by atoms with van der Waals surface area (Å²) in [6.07, 6.45) is 4.77. The molecule has 116 valence electrons. The van der Waals surface area contributed by atoms with Crippen molar-refractivity contribution >= 4 is 38.9 Å². The zero-order valence-corrected chi connectivity index (χ0v) is 13.8. The van der Waals surface area contributed by atoms with Crippen LogP contribution in [0.2, 0.25) is 5.02 Å². The lowest BCUT2D eigenvalue weighted by Gasteiger charge is -2.31. The van der Waals surface area contributed by atoms with Gasteiger partial charge in [-0.1, -0.05) is 11.6 Å². The number of guanidine groups is 1. The van der Waals surface area contributed by atoms with Gasteiger partial charge in [-0.2, -0.15) is 0 Å². The Morgan fingerprint density at radius 3 is 2.77 bits per heavy atom. The summed E-state index contributed by atoms with van der Waals surface area (Å²) in [7, 11) is -2.16. The van der Waals surface area contributed by atoms with Crippen LogP contribution in [0.1, 0.15) is 10.9 Å². The number of sulfonamides is 1. The molecule has 1 atom stereocenters. The van der Waals surface area contributed by atoms with Crippen molar-refractivity contribution in [2.75, 3.05) is 12.8 Å². The van der Waals surface area contributed by atoms with E-state index in [1.165, 1.54) is 24.7 Å². The average molecular weight is 358 g/mol. The van der Waals surface area contributed by atoms with Gasteiger partial charge in [0.2, 0.25) is 16.0 Å². The molecule has 2 N–H and O–H groups in total. The largest absolute Gasteiger partial charge is 0.347 e. The van der Waals surface area contributed by atoms with Crippen molar-refractivity contribution in [3.8, 4) is 10.4 Å². The quantitative estimate of drug-likeness (QED) is 0.852. The molecule has 2 aromatic heterocycles. The molecular formula is C12H12ClN5O2S2. The van der Waals surface area contributed by atoms with Crippen LogP contribution in [-0.2, 0) is 10.0 Å². The van der Waals surface area contributed by atoms with Gasteiger partial charge in [0.15, 0.2) is 0 Å². The SMILES string of the molecule is CN1C(=N)N[C@H](c2sc(-c3cncnc3)cc2Cl)CS1(=O)=O. The van der Waals surface area contributed by atoms with Gasteiger partial charge < -0.3 is 5.32 Å². The average Bonchev–Trinajstić information content (AvgIpc) is 2.87. The van der Waals surface area contributed by atoms with Crippen molar-refractivity contribution in [3.05, 3.63) is 34.7 Å². The Kier molecular flexibility index (Phi) is 3.79. The van der Waals surface area contributed by atoms with Crippen molar-refractivity contribution in [2.24, 2.45) is 0 Å². The van der Waals surface area contributed by atoms with Gasteiger partial charge in [-0.05, 0) is 6.07 Å². The molecule has 3 rings (SSSR count). The molecule has 0 unspecified atom stereocenters. The summed E-state index contributed by atoms with van der Waals surface area (Å²) >= 11 is 7.63. The summed E-state index contributed by atoms with van der Waals surface area (Å²) in [6.45, 7) is 0. The Bertz CT molecular complexity index is 821. The van der Waals surface area contributed by atoms with Crippen molar-refractivity contribution in [3.63, 3.8) is 0 Å². The standard InChI is InChI=1S/C12H12ClN5O2S2/c1-18-12(14)17-9(5-22(18,19)20)11-8(13)2-10(21-11)7-3-15-6-16-4-7/h2-4,6,9H,5H2,1H3,(H2,14,17)/t9-/m0/s1. The van der Waals surface area contributed by atoms with Crippen LogP contribution in [0.25, 0.3) is 10.4 Å². The topological polar surface area (TPSA) is 99.0 Å². The molecule has 1 fully saturated rings. The van der Waals surface area contributed by atoms with Crippen LogP contribution >= 0.6 is 22.9 Å². The monoisotopic (exact) mass is 357 g/mol. The molecule has 1 aliphatic heterocycles. The zero-order chi connectivity index (χ0) is 15.9. The number of halogens is 1. The summed E-state index contributed by atoms with van der Waals surface area (Å²) in [6, 6.07) is 1.22. The lowest BCUT2D eigenvalue weighted by Crippen LogP contribution is -2.51. The molecule has 0 spiro atoms. The first-order valence-electron chi connectivity index (χ1n) is 6.25. The van der Waals surface area contributed by atoms with Crippen LogP contribution < -0.4 is 5.32 Å². The molecule has 3 heterocycles. The molecule has 0 saturated carbocycles. The highest BCUT2D eigenvalue weighted by atomic mass is 35.5. The van der Waals surface area contributed by atoms with Gasteiger partial charge in [-0.3, -0.25) is 5.41 Å². The van der Waals surface area contributed by atoms with E-state index in [1.807, 2.05) is 0 Å². The zero-order valence-electron chi connectivity index (χ0n) is 11.4. The molecule has 10 heteroatoms. The third-order valence-corrected chi connectivity index (χ3v) is 6.79. The van der Waals surface area contributed by atoms with Gasteiger partial charge in [0, 0.05) is 34.8 Å². The second kappa shape index (κ2) is 5.49. The lowest BCUT2D eigenvalue weighted by molar-refractivity contribution is 0.508. The van der Waals surface area contributed by atoms with E-state index in [1.54, 1.807) is 18.5 Å². The van der Waals surface area contributed by atoms with Crippen LogP contribution in [0, 0.1) is 5.41 Å². The predicted molar refractivity (Wildman–Crippen MR) is 85.5 cm³/mol. The van der Waals surface area contributed by atoms with E-state index >= 15 is 0 Å². The molecule has 0 aliphatic carbocycles. The number of nitrogens with one attached hydrogen (secondary N) is 2. The van der Waals surface area contributed by atoms with E-state index in [9.17, 15) is 8.42 Å². The molecule has 0 aromatic carbocycles. The van der Waals surface area contributed by atoms with Gasteiger partial charge >= 0.3 is 0 Å². The Morgan fingerprint density at radius 2 is 2.14 bits per heavy atom. The molecule has 0 amide bonds. The maximum atomic E-state index is 12.1. The summed E-state index contributed by atoms with van der Waals surface area (Å²) in [4.78, 5) is 9.45. The van der Waals surface area contributed by atoms with Crippen LogP contribution in [-0.4, -0.2) is 41.5 Å². The van der Waals surface area contributed by atoms with Crippen molar-refractivity contribution in [1.82, 2.24) is 19.6 Å². The summed E-state index contributed by atoms with van der Waals surface area (Å²) in [5.41, 5.74) is 0.812. The Morgan fingerprint density at radius 1 is 1.45 bits per heavy atom. The maximum absolute atomic E-state index is 12.1. The van der Waals surface area contributed by atoms with Gasteiger partial charge in [-0.25, -0.2) is 22.7 Å². The normalized spacial score (nSPS) is 20.7. The second-order valence-corrected chi connectivity index (χ2v) is 8.28. The Labute approximate surface area is 136 Å². The highest BCUT2D eigenvalue weighted by molar-refractivity contribution is 7.89. The van der Waals surface area contributed by atoms with Crippen molar-refractivity contribution in [1.29, 1.82) is 5.41 Å². The fraction of sp³-hybridized carbons (Fsp3) is 0.250. The van der Waals surface area contributed by atoms with E-state index in [0.29, 0.717) is 9.90 Å². The van der Waals surface area contributed by atoms with Gasteiger partial charge in [0.05, 0.1) is 16.8 Å². The van der Waals surface area contributed by atoms with E-state index in [0.717, 1.165) is 14.7 Å². The minimum atomic E-state index is -3.51. The number of thiophene rings is 1. The first-order chi connectivity index (χ1) is 10.4. The number of nitrogens with zero attached hydrogens (tertiary/aromatic N) is 3. The third kappa shape index (κ3) is 2.67. The molecule has 7 nitrogen and oxygen atoms in total. The van der Waals surface area contributed by atoms with Gasteiger partial charge in [0.25, 0.3) is 0 Å². The highest BCUT2D eigenvalue weighted by Gasteiger charge is 2.35. The van der Waals surface area contributed by atoms with E-state index < -0.39 is 16.1 Å². The Hall–Kier alpha value is -1.71. The highest BCUT2D eigenvalue weighted by Crippen LogP contribution is 2.38. The van der Waals surface area contributed by atoms with E-state index in [2.05, 4.69) is 15.3 Å². The molecule has 1 aliphatic rings. The summed E-state index contributed by atoms with van der Waals surface area (Å²) in [5.74, 6) is -0.304. The number of rotatable bonds is 2. The number of hydrogen-bond donors (Lipinski definition) is 2. The number of aromatic nitrogens is 2. The minimum Gasteiger partial charge on any atom is -0.347 e. The molecular weight excluding hydrogens is 346 g/mol. The third-order valence-electron chi connectivity index (χ3n) is 3.30. The van der Waals surface area contributed by atoms with E-state index in [-0.39, 0.29) is 11.7 Å². The molecule has 2 aromatic rings. The van der Waals surface area contributed by atoms with Gasteiger partial charge in [0.1, 0.15) is 6.33 Å². The van der Waals surface area contributed by atoms with E-state index in [4.69, 9.17) is 17.0 Å². The summed E-state index contributed by atoms with van der Waals surface area (Å²) < 4.78 is 25.0. The predicted octanol–water partition coefficient (Wildman–Crippen LogP) is 1.70. The summed E-state index contributed by atoms with van der Waals surface area (Å²) in [5, 5.41) is 11.1. The first-order valence-corrected chi connectivity index (χ1v) is 9.05. The van der Waals surface area contributed by atoms with Gasteiger partial charge in [-0.15, -0.1) is 11.3 Å². The fourth-order valence-electron chi connectivity index (χ4n) is 2.09. The Balaban J connectivity index is 1.96. The molecule has 0 radical (unpaired) electrons. The van der Waals surface area contributed by atoms with Crippen LogP contribution in [0.15, 0.2) is 24.8 Å². The molecule has 0 bridgehead atoms.